The summed E-state index contributed by atoms with van der Waals surface area (Å²) in [4.78, 5) is 44.2. The lowest BCUT2D eigenvalue weighted by atomic mass is 10.0. The van der Waals surface area contributed by atoms with Crippen LogP contribution in [0.4, 0.5) is 0 Å². The van der Waals surface area contributed by atoms with Crippen molar-refractivity contribution in [2.45, 2.75) is 40.5 Å². The van der Waals surface area contributed by atoms with Crippen LogP contribution in [-0.4, -0.2) is 54.3 Å². The molecule has 24 heavy (non-hydrogen) atoms. The lowest BCUT2D eigenvalue weighted by molar-refractivity contribution is -0.135. The third-order valence-electron chi connectivity index (χ3n) is 1.46. The first-order valence-corrected chi connectivity index (χ1v) is 6.46. The van der Waals surface area contributed by atoms with Gasteiger partial charge in [-0.15, -0.1) is 0 Å². The van der Waals surface area contributed by atoms with Crippen molar-refractivity contribution in [1.82, 2.24) is 9.97 Å². The molecular formula is C14H22N2O8. The van der Waals surface area contributed by atoms with Gasteiger partial charge in [0.25, 0.3) is 23.9 Å². The van der Waals surface area contributed by atoms with Crippen molar-refractivity contribution in [3.8, 4) is 0 Å². The number of rotatable bonds is 0. The van der Waals surface area contributed by atoms with E-state index >= 15 is 0 Å². The second-order valence-corrected chi connectivity index (χ2v) is 4.03. The van der Waals surface area contributed by atoms with Crippen LogP contribution in [0.15, 0.2) is 12.4 Å². The van der Waals surface area contributed by atoms with Crippen molar-refractivity contribution < 1.29 is 39.6 Å². The van der Waals surface area contributed by atoms with Gasteiger partial charge in [0.1, 0.15) is 0 Å². The number of aliphatic carboxylic acids is 4. The smallest absolute Gasteiger partial charge is 0.300 e. The Labute approximate surface area is 138 Å². The minimum atomic E-state index is -0.833. The number of hydrogen-bond acceptors (Lipinski definition) is 6. The summed E-state index contributed by atoms with van der Waals surface area (Å²) in [6.45, 7) is 4.33. The molecule has 0 spiro atoms. The Morgan fingerprint density at radius 3 is 0.917 bits per heavy atom. The quantitative estimate of drug-likeness (QED) is 0.528. The fraction of sp³-hybridized carbons (Fsp3) is 0.429. The summed E-state index contributed by atoms with van der Waals surface area (Å²) in [6.07, 6.45) is 5.75. The second-order valence-electron chi connectivity index (χ2n) is 4.03. The number of aryl methyl sites for hydroxylation is 2. The molecule has 0 aromatic carbocycles. The van der Waals surface area contributed by atoms with Crippen LogP contribution in [0.25, 0.3) is 0 Å². The Bertz CT molecular complexity index is 444. The summed E-state index contributed by atoms with van der Waals surface area (Å²) in [6, 6.07) is 0. The van der Waals surface area contributed by atoms with Gasteiger partial charge in [0.05, 0.1) is 11.4 Å². The van der Waals surface area contributed by atoms with Gasteiger partial charge in [-0.1, -0.05) is 0 Å². The van der Waals surface area contributed by atoms with Gasteiger partial charge in [-0.2, -0.15) is 0 Å². The lowest BCUT2D eigenvalue weighted by Gasteiger charge is -2.13. The van der Waals surface area contributed by atoms with Crippen molar-refractivity contribution in [2.24, 2.45) is 0 Å². The van der Waals surface area contributed by atoms with Gasteiger partial charge in [-0.05, 0) is 12.8 Å². The first kappa shape index (κ1) is 25.9. The fourth-order valence-corrected chi connectivity index (χ4v) is 0.873. The Balaban J connectivity index is -0.000000244. The second kappa shape index (κ2) is 16.3. The first-order valence-electron chi connectivity index (χ1n) is 6.46. The molecule has 1 aliphatic rings. The van der Waals surface area contributed by atoms with E-state index in [0.29, 0.717) is 0 Å². The monoisotopic (exact) mass is 346 g/mol. The zero-order chi connectivity index (χ0) is 19.7. The van der Waals surface area contributed by atoms with Crippen LogP contribution in [0.1, 0.15) is 39.1 Å². The molecule has 10 nitrogen and oxygen atoms in total. The van der Waals surface area contributed by atoms with Crippen LogP contribution in [0.5, 0.6) is 0 Å². The summed E-state index contributed by atoms with van der Waals surface area (Å²) in [5.74, 6) is -3.33. The largest absolute Gasteiger partial charge is 0.481 e. The number of nitrogens with zero attached hydrogens (tertiary/aromatic N) is 2. The summed E-state index contributed by atoms with van der Waals surface area (Å²) < 4.78 is 0. The highest BCUT2D eigenvalue weighted by atomic mass is 16.4. The van der Waals surface area contributed by atoms with Crippen molar-refractivity contribution >= 4 is 23.9 Å². The van der Waals surface area contributed by atoms with Gasteiger partial charge in [-0.25, -0.2) is 0 Å². The highest BCUT2D eigenvalue weighted by Crippen LogP contribution is 2.15. The average Bonchev–Trinajstić information content (AvgIpc) is 2.27. The van der Waals surface area contributed by atoms with E-state index in [9.17, 15) is 0 Å². The predicted molar refractivity (Wildman–Crippen MR) is 82.7 cm³/mol. The molecule has 0 unspecified atom stereocenters. The molecule has 2 rings (SSSR count). The average molecular weight is 346 g/mol. The van der Waals surface area contributed by atoms with E-state index in [4.69, 9.17) is 39.6 Å². The molecule has 0 fully saturated rings. The minimum absolute atomic E-state index is 0.833. The van der Waals surface area contributed by atoms with Crippen molar-refractivity contribution in [1.29, 1.82) is 0 Å². The van der Waals surface area contributed by atoms with Crippen LogP contribution < -0.4 is 0 Å². The number of fused-ring (bicyclic) bond motifs is 1. The maximum Gasteiger partial charge on any atom is 0.300 e. The van der Waals surface area contributed by atoms with Crippen LogP contribution >= 0.6 is 0 Å². The van der Waals surface area contributed by atoms with E-state index in [1.54, 1.807) is 12.4 Å². The molecule has 0 aliphatic heterocycles. The molecule has 1 aromatic heterocycles. The zero-order valence-corrected chi connectivity index (χ0v) is 13.9. The summed E-state index contributed by atoms with van der Waals surface area (Å²) in [5, 5.41) is 29.7. The normalized spacial score (nSPS) is 9.00. The van der Waals surface area contributed by atoms with Crippen LogP contribution in [0.3, 0.4) is 0 Å². The number of carboxylic acid groups (broad SMARTS) is 4. The third kappa shape index (κ3) is 36.4. The molecule has 0 radical (unpaired) electrons. The van der Waals surface area contributed by atoms with Gasteiger partial charge in [0.15, 0.2) is 0 Å². The van der Waals surface area contributed by atoms with E-state index in [1.165, 1.54) is 11.4 Å². The Morgan fingerprint density at radius 2 is 0.833 bits per heavy atom. The number of carbonyl (C=O) groups is 4. The highest BCUT2D eigenvalue weighted by molar-refractivity contribution is 5.63. The molecule has 0 bridgehead atoms. The van der Waals surface area contributed by atoms with Gasteiger partial charge >= 0.3 is 0 Å². The van der Waals surface area contributed by atoms with Crippen LogP contribution in [0.2, 0.25) is 0 Å². The maximum atomic E-state index is 9.00. The Kier molecular flexibility index (Phi) is 17.6. The Morgan fingerprint density at radius 1 is 0.667 bits per heavy atom. The van der Waals surface area contributed by atoms with Crippen molar-refractivity contribution in [3.63, 3.8) is 0 Å². The SMILES string of the molecule is CC(=O)O.CC(=O)O.CC(=O)O.CC(=O)O.c1cnc2c(n1)CC2. The van der Waals surface area contributed by atoms with Crippen LogP contribution in [0, 0.1) is 0 Å². The molecule has 0 saturated carbocycles. The first-order chi connectivity index (χ1) is 10.9. The zero-order valence-electron chi connectivity index (χ0n) is 13.9. The minimum Gasteiger partial charge on any atom is -0.481 e. The van der Waals surface area contributed by atoms with Gasteiger partial charge < -0.3 is 20.4 Å². The number of aromatic nitrogens is 2. The van der Waals surface area contributed by atoms with Gasteiger partial charge in [0.2, 0.25) is 0 Å². The molecule has 0 saturated heterocycles. The lowest BCUT2D eigenvalue weighted by Crippen LogP contribution is -2.12. The van der Waals surface area contributed by atoms with Gasteiger partial charge in [0, 0.05) is 40.1 Å². The number of hydrogen-bond donors (Lipinski definition) is 4. The van der Waals surface area contributed by atoms with E-state index < -0.39 is 23.9 Å². The predicted octanol–water partition coefficient (Wildman–Crippen LogP) is 0.939. The molecule has 1 aromatic rings. The molecule has 10 heteroatoms. The van der Waals surface area contributed by atoms with Gasteiger partial charge in [-0.3, -0.25) is 29.1 Å². The highest BCUT2D eigenvalue weighted by Gasteiger charge is 2.13. The molecular weight excluding hydrogens is 324 g/mol. The molecule has 1 aliphatic carbocycles. The Hall–Kier alpha value is -3.04. The van der Waals surface area contributed by atoms with E-state index in [0.717, 1.165) is 40.5 Å². The van der Waals surface area contributed by atoms with Crippen molar-refractivity contribution in [2.75, 3.05) is 0 Å². The molecule has 0 atom stereocenters. The molecule has 0 amide bonds. The summed E-state index contributed by atoms with van der Waals surface area (Å²) in [7, 11) is 0. The van der Waals surface area contributed by atoms with Crippen molar-refractivity contribution in [3.05, 3.63) is 23.8 Å². The topological polar surface area (TPSA) is 175 Å². The summed E-state index contributed by atoms with van der Waals surface area (Å²) >= 11 is 0. The van der Waals surface area contributed by atoms with E-state index in [-0.39, 0.29) is 0 Å². The van der Waals surface area contributed by atoms with E-state index in [1.807, 2.05) is 0 Å². The maximum absolute atomic E-state index is 9.00. The number of carboxylic acids is 4. The molecule has 4 N–H and O–H groups in total. The van der Waals surface area contributed by atoms with E-state index in [2.05, 4.69) is 9.97 Å². The standard InChI is InChI=1S/C6H6N2.4C2H4O2/c1-2-6-5(1)7-3-4-8-6;4*1-2(3)4/h3-4H,1-2H2;4*1H3,(H,3,4). The molecule has 1 heterocycles. The summed E-state index contributed by atoms with van der Waals surface area (Å²) in [5.41, 5.74) is 2.38. The molecule has 136 valence electrons. The fourth-order valence-electron chi connectivity index (χ4n) is 0.873. The van der Waals surface area contributed by atoms with Crippen LogP contribution in [-0.2, 0) is 32.0 Å². The third-order valence-corrected chi connectivity index (χ3v) is 1.46.